The van der Waals surface area contributed by atoms with E-state index in [9.17, 15) is 0 Å². The fourth-order valence-electron chi connectivity index (χ4n) is 1.00. The average Bonchev–Trinajstić information content (AvgIpc) is 2.55. The SMILES string of the molecule is CC(C)(CO)[C@H](N)c1ccsc1.Cl. The minimum absolute atomic E-state index is 0. The molecule has 1 aromatic rings. The quantitative estimate of drug-likeness (QED) is 0.822. The van der Waals surface area contributed by atoms with Crippen molar-refractivity contribution in [1.29, 1.82) is 0 Å². The number of aliphatic hydroxyl groups is 1. The molecule has 4 heteroatoms. The predicted molar refractivity (Wildman–Crippen MR) is 59.4 cm³/mol. The van der Waals surface area contributed by atoms with Crippen LogP contribution in [0, 0.1) is 5.41 Å². The second-order valence-corrected chi connectivity index (χ2v) is 4.46. The first kappa shape index (κ1) is 12.9. The van der Waals surface area contributed by atoms with Gasteiger partial charge in [-0.3, -0.25) is 0 Å². The van der Waals surface area contributed by atoms with E-state index in [1.807, 2.05) is 30.7 Å². The van der Waals surface area contributed by atoms with Crippen molar-refractivity contribution in [3.8, 4) is 0 Å². The summed E-state index contributed by atoms with van der Waals surface area (Å²) in [5, 5.41) is 13.1. The minimum Gasteiger partial charge on any atom is -0.396 e. The number of hydrogen-bond donors (Lipinski definition) is 2. The summed E-state index contributed by atoms with van der Waals surface area (Å²) in [4.78, 5) is 0. The van der Waals surface area contributed by atoms with Crippen molar-refractivity contribution in [2.24, 2.45) is 11.1 Å². The molecule has 0 aliphatic rings. The second kappa shape index (κ2) is 4.96. The van der Waals surface area contributed by atoms with Gasteiger partial charge in [-0.15, -0.1) is 12.4 Å². The summed E-state index contributed by atoms with van der Waals surface area (Å²) in [6.07, 6.45) is 0. The van der Waals surface area contributed by atoms with Crippen molar-refractivity contribution in [2.45, 2.75) is 19.9 Å². The van der Waals surface area contributed by atoms with E-state index in [2.05, 4.69) is 0 Å². The van der Waals surface area contributed by atoms with Crippen LogP contribution in [0.4, 0.5) is 0 Å². The molecule has 1 atom stereocenters. The van der Waals surface area contributed by atoms with Crippen LogP contribution in [0.15, 0.2) is 16.8 Å². The van der Waals surface area contributed by atoms with E-state index in [1.54, 1.807) is 11.3 Å². The summed E-state index contributed by atoms with van der Waals surface area (Å²) >= 11 is 1.63. The van der Waals surface area contributed by atoms with Crippen LogP contribution < -0.4 is 5.73 Å². The Morgan fingerprint density at radius 1 is 1.62 bits per heavy atom. The molecule has 1 aromatic heterocycles. The Labute approximate surface area is 89.2 Å². The highest BCUT2D eigenvalue weighted by Crippen LogP contribution is 2.31. The Balaban J connectivity index is 0.00000144. The van der Waals surface area contributed by atoms with Gasteiger partial charge in [0, 0.05) is 18.1 Å². The highest BCUT2D eigenvalue weighted by atomic mass is 35.5. The molecule has 0 spiro atoms. The molecule has 0 fully saturated rings. The van der Waals surface area contributed by atoms with Crippen LogP contribution >= 0.6 is 23.7 Å². The molecule has 1 rings (SSSR count). The van der Waals surface area contributed by atoms with Crippen molar-refractivity contribution in [3.63, 3.8) is 0 Å². The van der Waals surface area contributed by atoms with Gasteiger partial charge in [-0.05, 0) is 22.4 Å². The lowest BCUT2D eigenvalue weighted by Gasteiger charge is -2.28. The Morgan fingerprint density at radius 3 is 2.62 bits per heavy atom. The molecular formula is C9H16ClNOS. The molecule has 0 unspecified atom stereocenters. The van der Waals surface area contributed by atoms with Crippen LogP contribution in [0.25, 0.3) is 0 Å². The smallest absolute Gasteiger partial charge is 0.0500 e. The molecule has 0 saturated heterocycles. The Hall–Kier alpha value is -0.0900. The fraction of sp³-hybridized carbons (Fsp3) is 0.556. The number of hydrogen-bond acceptors (Lipinski definition) is 3. The van der Waals surface area contributed by atoms with Crippen molar-refractivity contribution in [3.05, 3.63) is 22.4 Å². The van der Waals surface area contributed by atoms with Crippen LogP contribution in [0.5, 0.6) is 0 Å². The van der Waals surface area contributed by atoms with Crippen molar-refractivity contribution >= 4 is 23.7 Å². The van der Waals surface area contributed by atoms with Gasteiger partial charge in [-0.2, -0.15) is 11.3 Å². The third-order valence-electron chi connectivity index (χ3n) is 2.15. The molecule has 0 amide bonds. The minimum atomic E-state index is -0.235. The first-order valence-electron chi connectivity index (χ1n) is 3.96. The topological polar surface area (TPSA) is 46.2 Å². The maximum Gasteiger partial charge on any atom is 0.0500 e. The van der Waals surface area contributed by atoms with E-state index >= 15 is 0 Å². The lowest BCUT2D eigenvalue weighted by atomic mass is 9.83. The summed E-state index contributed by atoms with van der Waals surface area (Å²) < 4.78 is 0. The van der Waals surface area contributed by atoms with Crippen LogP contribution in [0.1, 0.15) is 25.5 Å². The molecular weight excluding hydrogens is 206 g/mol. The molecule has 0 bridgehead atoms. The molecule has 0 saturated carbocycles. The second-order valence-electron chi connectivity index (χ2n) is 3.68. The summed E-state index contributed by atoms with van der Waals surface area (Å²) in [6.45, 7) is 4.05. The first-order valence-corrected chi connectivity index (χ1v) is 4.91. The molecule has 0 aliphatic carbocycles. The van der Waals surface area contributed by atoms with E-state index in [1.165, 1.54) is 0 Å². The summed E-state index contributed by atoms with van der Waals surface area (Å²) in [6, 6.07) is 1.93. The molecule has 0 radical (unpaired) electrons. The van der Waals surface area contributed by atoms with Gasteiger partial charge in [0.05, 0.1) is 0 Å². The Kier molecular flexibility index (Phi) is 4.92. The van der Waals surface area contributed by atoms with Gasteiger partial charge in [0.1, 0.15) is 0 Å². The lowest BCUT2D eigenvalue weighted by Crippen LogP contribution is -2.31. The summed E-state index contributed by atoms with van der Waals surface area (Å²) in [5.41, 5.74) is 6.85. The molecule has 3 N–H and O–H groups in total. The maximum atomic E-state index is 9.09. The number of thiophene rings is 1. The molecule has 2 nitrogen and oxygen atoms in total. The summed E-state index contributed by atoms with van der Waals surface area (Å²) in [7, 11) is 0. The highest BCUT2D eigenvalue weighted by molar-refractivity contribution is 7.07. The molecule has 0 aliphatic heterocycles. The van der Waals surface area contributed by atoms with Gasteiger partial charge in [-0.1, -0.05) is 13.8 Å². The van der Waals surface area contributed by atoms with Crippen molar-refractivity contribution in [2.75, 3.05) is 6.61 Å². The maximum absolute atomic E-state index is 9.09. The van der Waals surface area contributed by atoms with Crippen LogP contribution in [0.2, 0.25) is 0 Å². The fourth-order valence-corrected chi connectivity index (χ4v) is 1.70. The summed E-state index contributed by atoms with van der Waals surface area (Å²) in [5.74, 6) is 0. The van der Waals surface area contributed by atoms with E-state index in [0.29, 0.717) is 0 Å². The number of nitrogens with two attached hydrogens (primary N) is 1. The Bertz CT molecular complexity index is 236. The zero-order chi connectivity index (χ0) is 9.19. The van der Waals surface area contributed by atoms with Gasteiger partial charge < -0.3 is 10.8 Å². The first-order chi connectivity index (χ1) is 5.58. The van der Waals surface area contributed by atoms with E-state index in [0.717, 1.165) is 5.56 Å². The van der Waals surface area contributed by atoms with Gasteiger partial charge in [0.15, 0.2) is 0 Å². The monoisotopic (exact) mass is 221 g/mol. The lowest BCUT2D eigenvalue weighted by molar-refractivity contribution is 0.132. The number of halogens is 1. The van der Waals surface area contributed by atoms with Gasteiger partial charge >= 0.3 is 0 Å². The van der Waals surface area contributed by atoms with Gasteiger partial charge in [0.2, 0.25) is 0 Å². The third-order valence-corrected chi connectivity index (χ3v) is 2.85. The number of aliphatic hydroxyl groups excluding tert-OH is 1. The van der Waals surface area contributed by atoms with Crippen molar-refractivity contribution in [1.82, 2.24) is 0 Å². The van der Waals surface area contributed by atoms with Crippen LogP contribution in [-0.2, 0) is 0 Å². The highest BCUT2D eigenvalue weighted by Gasteiger charge is 2.26. The predicted octanol–water partition coefficient (Wildman–Crippen LogP) is 2.19. The molecule has 0 aromatic carbocycles. The van der Waals surface area contributed by atoms with Gasteiger partial charge in [-0.25, -0.2) is 0 Å². The van der Waals surface area contributed by atoms with Crippen LogP contribution in [-0.4, -0.2) is 11.7 Å². The van der Waals surface area contributed by atoms with E-state index in [-0.39, 0.29) is 30.5 Å². The third kappa shape index (κ3) is 2.95. The Morgan fingerprint density at radius 2 is 2.23 bits per heavy atom. The van der Waals surface area contributed by atoms with Crippen LogP contribution in [0.3, 0.4) is 0 Å². The largest absolute Gasteiger partial charge is 0.396 e. The zero-order valence-corrected chi connectivity index (χ0v) is 9.49. The van der Waals surface area contributed by atoms with Crippen molar-refractivity contribution < 1.29 is 5.11 Å². The normalized spacial score (nSPS) is 13.5. The van der Waals surface area contributed by atoms with E-state index in [4.69, 9.17) is 10.8 Å². The van der Waals surface area contributed by atoms with E-state index < -0.39 is 0 Å². The number of rotatable bonds is 3. The standard InChI is InChI=1S/C9H15NOS.ClH/c1-9(2,6-11)8(10)7-3-4-12-5-7;/h3-5,8,11H,6,10H2,1-2H3;1H/t8-;/m1./s1. The zero-order valence-electron chi connectivity index (χ0n) is 7.86. The molecule has 13 heavy (non-hydrogen) atoms. The molecule has 76 valence electrons. The molecule has 1 heterocycles. The average molecular weight is 222 g/mol. The van der Waals surface area contributed by atoms with Gasteiger partial charge in [0.25, 0.3) is 0 Å².